The molecule has 2 atom stereocenters. The number of benzene rings is 2. The van der Waals surface area contributed by atoms with Gasteiger partial charge in [0.05, 0.1) is 25.7 Å². The number of rotatable bonds is 12. The molecule has 0 saturated heterocycles. The molecule has 0 bridgehead atoms. The molecule has 0 spiro atoms. The maximum Gasteiger partial charge on any atom is 0.117 e. The van der Waals surface area contributed by atoms with Crippen LogP contribution >= 0.6 is 46.4 Å². The summed E-state index contributed by atoms with van der Waals surface area (Å²) in [4.78, 5) is 8.47. The van der Waals surface area contributed by atoms with Crippen molar-refractivity contribution in [3.63, 3.8) is 0 Å². The number of halogens is 4. The summed E-state index contributed by atoms with van der Waals surface area (Å²) in [5.74, 6) is 0. The third kappa shape index (κ3) is 6.14. The minimum atomic E-state index is -0.989. The summed E-state index contributed by atoms with van der Waals surface area (Å²) in [5, 5.41) is 2.01. The lowest BCUT2D eigenvalue weighted by Gasteiger charge is -2.45. The van der Waals surface area contributed by atoms with E-state index in [1.165, 1.54) is 0 Å². The number of hydrogen-bond acceptors (Lipinski definition) is 3. The first-order valence-electron chi connectivity index (χ1n) is 11.6. The molecular weight excluding hydrogens is 550 g/mol. The Hall–Kier alpha value is -2.54. The number of imidazole rings is 2. The smallest absolute Gasteiger partial charge is 0.117 e. The molecule has 0 aliphatic heterocycles. The summed E-state index contributed by atoms with van der Waals surface area (Å²) in [6, 6.07) is 10.8. The molecule has 0 aliphatic rings. The summed E-state index contributed by atoms with van der Waals surface area (Å²) in [6.07, 6.45) is 15.2. The van der Waals surface area contributed by atoms with E-state index in [9.17, 15) is 0 Å². The molecule has 2 aromatic carbocycles. The van der Waals surface area contributed by atoms with Crippen molar-refractivity contribution in [3.8, 4) is 0 Å². The topological polar surface area (TPSA) is 44.9 Å². The summed E-state index contributed by atoms with van der Waals surface area (Å²) in [6.45, 7) is 8.89. The highest BCUT2D eigenvalue weighted by Crippen LogP contribution is 2.47. The normalized spacial score (nSPS) is 14.6. The highest BCUT2D eigenvalue weighted by molar-refractivity contribution is 6.35. The van der Waals surface area contributed by atoms with Gasteiger partial charge in [-0.25, -0.2) is 9.97 Å². The third-order valence-corrected chi connectivity index (χ3v) is 7.27. The van der Waals surface area contributed by atoms with Gasteiger partial charge in [0.15, 0.2) is 0 Å². The van der Waals surface area contributed by atoms with Crippen LogP contribution in [0.1, 0.15) is 24.0 Å². The number of ether oxygens (including phenoxy) is 1. The monoisotopic (exact) mass is 574 g/mol. The van der Waals surface area contributed by atoms with Crippen molar-refractivity contribution >= 4 is 46.4 Å². The largest absolute Gasteiger partial charge is 0.355 e. The van der Waals surface area contributed by atoms with Gasteiger partial charge in [-0.05, 0) is 24.3 Å². The van der Waals surface area contributed by atoms with Crippen molar-refractivity contribution in [1.29, 1.82) is 0 Å². The van der Waals surface area contributed by atoms with Gasteiger partial charge in [0.1, 0.15) is 11.2 Å². The Morgan fingerprint density at radius 2 is 1.16 bits per heavy atom. The lowest BCUT2D eigenvalue weighted by Crippen LogP contribution is -2.46. The number of nitrogens with zero attached hydrogens (tertiary/aromatic N) is 4. The molecule has 2 unspecified atom stereocenters. The van der Waals surface area contributed by atoms with Gasteiger partial charge in [-0.3, -0.25) is 0 Å². The molecule has 2 heterocycles. The average molecular weight is 576 g/mol. The predicted octanol–water partition coefficient (Wildman–Crippen LogP) is 8.35. The van der Waals surface area contributed by atoms with Crippen LogP contribution in [-0.2, 0) is 29.0 Å². The van der Waals surface area contributed by atoms with Crippen molar-refractivity contribution in [2.45, 2.75) is 37.1 Å². The summed E-state index contributed by atoms with van der Waals surface area (Å²) in [7, 11) is 0. The Morgan fingerprint density at radius 1 is 0.730 bits per heavy atom. The van der Waals surface area contributed by atoms with Crippen molar-refractivity contribution in [1.82, 2.24) is 19.1 Å². The molecule has 9 heteroatoms. The van der Waals surface area contributed by atoms with Crippen molar-refractivity contribution in [2.24, 2.45) is 0 Å². The second-order valence-corrected chi connectivity index (χ2v) is 10.5. The molecule has 5 nitrogen and oxygen atoms in total. The lowest BCUT2D eigenvalue weighted by molar-refractivity contribution is -0.181. The Kier molecular flexibility index (Phi) is 8.83. The summed E-state index contributed by atoms with van der Waals surface area (Å²) >= 11 is 26.2. The van der Waals surface area contributed by atoms with Gasteiger partial charge in [0.2, 0.25) is 0 Å². The van der Waals surface area contributed by atoms with E-state index in [0.29, 0.717) is 46.0 Å². The lowest BCUT2D eigenvalue weighted by atomic mass is 9.84. The molecule has 4 rings (SSSR count). The highest BCUT2D eigenvalue weighted by atomic mass is 35.5. The van der Waals surface area contributed by atoms with E-state index in [4.69, 9.17) is 51.1 Å². The predicted molar refractivity (Wildman–Crippen MR) is 151 cm³/mol. The van der Waals surface area contributed by atoms with Crippen LogP contribution in [0.15, 0.2) is 99.2 Å². The van der Waals surface area contributed by atoms with Gasteiger partial charge in [0, 0.05) is 68.8 Å². The maximum absolute atomic E-state index is 7.37. The van der Waals surface area contributed by atoms with Crippen LogP contribution in [0.5, 0.6) is 0 Å². The van der Waals surface area contributed by atoms with E-state index in [1.54, 1.807) is 49.3 Å². The van der Waals surface area contributed by atoms with Gasteiger partial charge in [0.25, 0.3) is 0 Å². The Balaban J connectivity index is 1.98. The standard InChI is InChI=1S/C28H26Cl4N4O/c1-3-9-27(17-35-13-11-33-19-35,23-7-5-21(29)15-25(23)31)37-28(10-4-2,18-36-14-12-34-20-36)24-8-6-22(30)16-26(24)32/h3-8,11-16,19-20H,1-2,9-10,17-18H2. The second kappa shape index (κ2) is 11.9. The van der Waals surface area contributed by atoms with Gasteiger partial charge >= 0.3 is 0 Å². The van der Waals surface area contributed by atoms with E-state index >= 15 is 0 Å². The van der Waals surface area contributed by atoms with Crippen LogP contribution in [-0.4, -0.2) is 19.1 Å². The molecular formula is C28H26Cl4N4O. The van der Waals surface area contributed by atoms with Gasteiger partial charge in [-0.1, -0.05) is 70.7 Å². The van der Waals surface area contributed by atoms with Crippen LogP contribution in [0.4, 0.5) is 0 Å². The first kappa shape index (κ1) is 27.5. The molecule has 0 fully saturated rings. The molecule has 37 heavy (non-hydrogen) atoms. The van der Waals surface area contributed by atoms with E-state index in [2.05, 4.69) is 23.1 Å². The zero-order chi connectivity index (χ0) is 26.5. The molecule has 2 aromatic heterocycles. The fourth-order valence-electron chi connectivity index (χ4n) is 4.69. The van der Waals surface area contributed by atoms with Crippen LogP contribution in [0.3, 0.4) is 0 Å². The fraction of sp³-hybridized carbons (Fsp3) is 0.214. The van der Waals surface area contributed by atoms with Crippen molar-refractivity contribution in [2.75, 3.05) is 0 Å². The van der Waals surface area contributed by atoms with Crippen molar-refractivity contribution < 1.29 is 4.74 Å². The minimum Gasteiger partial charge on any atom is -0.355 e. The number of hydrogen-bond donors (Lipinski definition) is 0. The van der Waals surface area contributed by atoms with Gasteiger partial charge in [-0.15, -0.1) is 13.2 Å². The van der Waals surface area contributed by atoms with E-state index in [-0.39, 0.29) is 0 Å². The van der Waals surface area contributed by atoms with Crippen molar-refractivity contribution in [3.05, 3.63) is 130 Å². The quantitative estimate of drug-likeness (QED) is 0.159. The third-order valence-electron chi connectivity index (χ3n) is 6.18. The van der Waals surface area contributed by atoms with Crippen LogP contribution in [0.2, 0.25) is 20.1 Å². The first-order chi connectivity index (χ1) is 17.8. The van der Waals surface area contributed by atoms with Gasteiger partial charge in [-0.2, -0.15) is 0 Å². The highest BCUT2D eigenvalue weighted by Gasteiger charge is 2.45. The van der Waals surface area contributed by atoms with Crippen LogP contribution in [0, 0.1) is 0 Å². The average Bonchev–Trinajstić information content (AvgIpc) is 3.53. The second-order valence-electron chi connectivity index (χ2n) is 8.79. The first-order valence-corrected chi connectivity index (χ1v) is 13.1. The molecule has 0 aliphatic carbocycles. The minimum absolute atomic E-state index is 0.397. The van der Waals surface area contributed by atoms with E-state index < -0.39 is 11.2 Å². The van der Waals surface area contributed by atoms with E-state index in [0.717, 1.165) is 11.1 Å². The Labute approximate surface area is 236 Å². The Morgan fingerprint density at radius 3 is 1.49 bits per heavy atom. The van der Waals surface area contributed by atoms with Gasteiger partial charge < -0.3 is 13.9 Å². The summed E-state index contributed by atoms with van der Waals surface area (Å²) in [5.41, 5.74) is -0.458. The Bertz CT molecular complexity index is 1250. The maximum atomic E-state index is 7.37. The zero-order valence-electron chi connectivity index (χ0n) is 20.0. The molecule has 192 valence electrons. The zero-order valence-corrected chi connectivity index (χ0v) is 23.1. The molecule has 4 aromatic rings. The molecule has 0 N–H and O–H groups in total. The molecule has 0 saturated carbocycles. The molecule has 0 radical (unpaired) electrons. The van der Waals surface area contributed by atoms with E-state index in [1.807, 2.05) is 45.8 Å². The number of aromatic nitrogens is 4. The SMILES string of the molecule is C=CCC(Cn1ccnc1)(OC(CC=C)(Cn1ccnc1)c1ccc(Cl)cc1Cl)c1ccc(Cl)cc1Cl. The van der Waals surface area contributed by atoms with Crippen LogP contribution < -0.4 is 0 Å². The van der Waals surface area contributed by atoms with Crippen LogP contribution in [0.25, 0.3) is 0 Å². The fourth-order valence-corrected chi connectivity index (χ4v) is 5.85. The summed E-state index contributed by atoms with van der Waals surface area (Å²) < 4.78 is 11.3. The molecule has 0 amide bonds.